The van der Waals surface area contributed by atoms with Crippen molar-refractivity contribution in [2.24, 2.45) is 0 Å². The van der Waals surface area contributed by atoms with Crippen LogP contribution in [-0.2, 0) is 9.36 Å². The first kappa shape index (κ1) is 19.3. The van der Waals surface area contributed by atoms with Crippen LogP contribution in [0.4, 0.5) is 0 Å². The van der Waals surface area contributed by atoms with Gasteiger partial charge in [-0.15, -0.1) is 11.3 Å². The highest BCUT2D eigenvalue weighted by Crippen LogP contribution is 2.60. The third-order valence-corrected chi connectivity index (χ3v) is 8.95. The lowest BCUT2D eigenvalue weighted by atomic mass is 10.1. The Balaban J connectivity index is 1.62. The number of benzene rings is 2. The zero-order chi connectivity index (χ0) is 19.7. The summed E-state index contributed by atoms with van der Waals surface area (Å²) in [6.07, 6.45) is 2.43. The predicted octanol–water partition coefficient (Wildman–Crippen LogP) is 5.61. The Morgan fingerprint density at radius 3 is 2.61 bits per heavy atom. The zero-order valence-electron chi connectivity index (χ0n) is 15.7. The van der Waals surface area contributed by atoms with Crippen molar-refractivity contribution in [3.8, 4) is 10.6 Å². The second-order valence-corrected chi connectivity index (χ2v) is 10.4. The second kappa shape index (κ2) is 7.78. The molecule has 5 nitrogen and oxygen atoms in total. The molecule has 0 spiro atoms. The maximum Gasteiger partial charge on any atom is 0.303 e. The van der Waals surface area contributed by atoms with Gasteiger partial charge in [0.1, 0.15) is 5.01 Å². The van der Waals surface area contributed by atoms with Crippen LogP contribution in [0, 0.1) is 0 Å². The average Bonchev–Trinajstić information content (AvgIpc) is 3.13. The molecule has 1 aliphatic heterocycles. The van der Waals surface area contributed by atoms with Crippen LogP contribution < -0.4 is 0 Å². The molecule has 0 aliphatic carbocycles. The van der Waals surface area contributed by atoms with Crippen molar-refractivity contribution in [3.63, 3.8) is 0 Å². The molecule has 1 fully saturated rings. The molecule has 1 aliphatic rings. The van der Waals surface area contributed by atoms with Crippen molar-refractivity contribution in [2.45, 2.75) is 38.3 Å². The lowest BCUT2D eigenvalue weighted by molar-refractivity contribution is -0.128. The Hall–Kier alpha value is -2.01. The highest BCUT2D eigenvalue weighted by molar-refractivity contribution is 7.56. The van der Waals surface area contributed by atoms with Gasteiger partial charge in [0, 0.05) is 18.5 Å². The minimum Gasteiger partial charge on any atom is -0.329 e. The minimum atomic E-state index is -3.80. The van der Waals surface area contributed by atoms with Gasteiger partial charge in [0.05, 0.1) is 15.9 Å². The normalized spacial score (nSPS) is 18.2. The number of piperidine rings is 1. The van der Waals surface area contributed by atoms with Crippen molar-refractivity contribution >= 4 is 35.0 Å². The number of carbonyl (C=O) groups excluding carboxylic acids is 1. The summed E-state index contributed by atoms with van der Waals surface area (Å²) in [7, 11) is -3.80. The average molecular weight is 414 g/mol. The van der Waals surface area contributed by atoms with E-state index in [1.807, 2.05) is 49.4 Å². The maximum absolute atomic E-state index is 13.2. The van der Waals surface area contributed by atoms with Crippen molar-refractivity contribution in [2.75, 3.05) is 6.54 Å². The molecule has 3 aromatic rings. The van der Waals surface area contributed by atoms with Gasteiger partial charge >= 0.3 is 7.52 Å². The number of thiazole rings is 1. The molecule has 4 rings (SSSR count). The van der Waals surface area contributed by atoms with E-state index in [0.29, 0.717) is 19.4 Å². The minimum absolute atomic E-state index is 0.207. The van der Waals surface area contributed by atoms with E-state index in [0.717, 1.165) is 39.2 Å². The smallest absolute Gasteiger partial charge is 0.303 e. The number of fused-ring (bicyclic) bond motifs is 1. The van der Waals surface area contributed by atoms with Gasteiger partial charge in [0.2, 0.25) is 5.91 Å². The van der Waals surface area contributed by atoms with E-state index >= 15 is 0 Å². The number of para-hydroxylation sites is 1. The first-order valence-corrected chi connectivity index (χ1v) is 12.1. The summed E-state index contributed by atoms with van der Waals surface area (Å²) in [6.45, 7) is 2.26. The molecule has 2 heterocycles. The number of carbonyl (C=O) groups is 1. The van der Waals surface area contributed by atoms with Gasteiger partial charge in [-0.3, -0.25) is 14.0 Å². The molecule has 0 bridgehead atoms. The zero-order valence-corrected chi connectivity index (χ0v) is 17.5. The van der Waals surface area contributed by atoms with E-state index in [1.165, 1.54) is 4.67 Å². The molecular weight excluding hydrogens is 391 g/mol. The molecular formula is C21H23N2O3PS. The fraction of sp³-hybridized carbons (Fsp3) is 0.333. The summed E-state index contributed by atoms with van der Waals surface area (Å²) in [5.41, 5.74) is 2.18. The summed E-state index contributed by atoms with van der Waals surface area (Å²) in [4.78, 5) is 27.7. The quantitative estimate of drug-likeness (QED) is 0.551. The van der Waals surface area contributed by atoms with Gasteiger partial charge in [-0.25, -0.2) is 4.98 Å². The Labute approximate surface area is 168 Å². The third-order valence-electron chi connectivity index (χ3n) is 5.27. The van der Waals surface area contributed by atoms with Crippen LogP contribution in [0.2, 0.25) is 0 Å². The number of amides is 1. The van der Waals surface area contributed by atoms with Crippen molar-refractivity contribution in [3.05, 3.63) is 54.1 Å². The highest BCUT2D eigenvalue weighted by Gasteiger charge is 2.40. The van der Waals surface area contributed by atoms with Crippen molar-refractivity contribution in [1.82, 2.24) is 9.65 Å². The maximum atomic E-state index is 13.2. The first-order chi connectivity index (χ1) is 13.5. The molecule has 1 aromatic heterocycles. The van der Waals surface area contributed by atoms with Crippen LogP contribution in [-0.4, -0.2) is 27.0 Å². The van der Waals surface area contributed by atoms with Gasteiger partial charge in [0.25, 0.3) is 0 Å². The van der Waals surface area contributed by atoms with Crippen molar-refractivity contribution < 1.29 is 14.3 Å². The lowest BCUT2D eigenvalue weighted by Gasteiger charge is -2.35. The highest BCUT2D eigenvalue weighted by atomic mass is 32.1. The number of rotatable bonds is 5. The molecule has 1 amide bonds. The van der Waals surface area contributed by atoms with Gasteiger partial charge in [-0.1, -0.05) is 43.3 Å². The number of nitrogens with zero attached hydrogens (tertiary/aromatic N) is 2. The van der Waals surface area contributed by atoms with E-state index in [2.05, 4.69) is 11.1 Å². The topological polar surface area (TPSA) is 70.5 Å². The monoisotopic (exact) mass is 414 g/mol. The van der Waals surface area contributed by atoms with Crippen LogP contribution >= 0.6 is 18.9 Å². The predicted molar refractivity (Wildman–Crippen MR) is 113 cm³/mol. The van der Waals surface area contributed by atoms with Gasteiger partial charge in [0.15, 0.2) is 0 Å². The second-order valence-electron chi connectivity index (χ2n) is 7.10. The molecule has 7 heteroatoms. The number of aromatic nitrogens is 1. The van der Waals surface area contributed by atoms with E-state index < -0.39 is 13.2 Å². The summed E-state index contributed by atoms with van der Waals surface area (Å²) in [6, 6.07) is 15.7. The van der Waals surface area contributed by atoms with Crippen LogP contribution in [0.15, 0.2) is 48.5 Å². The Kier molecular flexibility index (Phi) is 5.37. The number of hydrogen-bond donors (Lipinski definition) is 1. The Bertz CT molecular complexity index is 1010. The summed E-state index contributed by atoms with van der Waals surface area (Å²) in [5, 5.41) is 0.930. The largest absolute Gasteiger partial charge is 0.329 e. The van der Waals surface area contributed by atoms with Gasteiger partial charge in [-0.2, -0.15) is 0 Å². The molecule has 0 radical (unpaired) electrons. The molecule has 0 saturated carbocycles. The number of hydrogen-bond acceptors (Lipinski definition) is 4. The van der Waals surface area contributed by atoms with Gasteiger partial charge in [-0.05, 0) is 37.0 Å². The van der Waals surface area contributed by atoms with Crippen LogP contribution in [0.1, 0.15) is 43.8 Å². The van der Waals surface area contributed by atoms with E-state index in [1.54, 1.807) is 11.3 Å². The Morgan fingerprint density at radius 2 is 1.93 bits per heavy atom. The van der Waals surface area contributed by atoms with Crippen LogP contribution in [0.3, 0.4) is 0 Å². The molecule has 28 heavy (non-hydrogen) atoms. The molecule has 1 saturated heterocycles. The van der Waals surface area contributed by atoms with Crippen LogP contribution in [0.5, 0.6) is 0 Å². The third kappa shape index (κ3) is 3.52. The van der Waals surface area contributed by atoms with Gasteiger partial charge < -0.3 is 4.89 Å². The van der Waals surface area contributed by atoms with Crippen LogP contribution in [0.25, 0.3) is 20.8 Å². The van der Waals surface area contributed by atoms with E-state index in [-0.39, 0.29) is 5.91 Å². The van der Waals surface area contributed by atoms with E-state index in [9.17, 15) is 14.3 Å². The molecule has 146 valence electrons. The fourth-order valence-corrected chi connectivity index (χ4v) is 6.97. The Morgan fingerprint density at radius 1 is 1.18 bits per heavy atom. The lowest BCUT2D eigenvalue weighted by Crippen LogP contribution is -2.34. The molecule has 2 aromatic carbocycles. The standard InChI is InChI=1S/C21H23N2O3PS/c1-2-18(27(25,26)23-14-6-5-9-20(23)24)15-10-12-16(13-11-15)21-22-17-7-3-4-8-19(17)28-21/h3-4,7-8,10-13,18H,2,5-6,9,14H2,1H3,(H,25,26). The molecule has 2 atom stereocenters. The summed E-state index contributed by atoms with van der Waals surface area (Å²) in [5.74, 6) is -0.207. The first-order valence-electron chi connectivity index (χ1n) is 9.60. The molecule has 2 unspecified atom stereocenters. The molecule has 1 N–H and O–H groups in total. The fourth-order valence-electron chi connectivity index (χ4n) is 3.77. The summed E-state index contributed by atoms with van der Waals surface area (Å²) < 4.78 is 15.6. The SMILES string of the molecule is CCC(c1ccc(-c2nc3ccccc3s2)cc1)P(=O)(O)N1CCCCC1=O. The van der Waals surface area contributed by atoms with E-state index in [4.69, 9.17) is 0 Å². The van der Waals surface area contributed by atoms with Crippen molar-refractivity contribution in [1.29, 1.82) is 0 Å². The summed E-state index contributed by atoms with van der Waals surface area (Å²) >= 11 is 1.63.